The van der Waals surface area contributed by atoms with Gasteiger partial charge in [-0.3, -0.25) is 9.69 Å². The molecule has 1 aromatic rings. The zero-order valence-electron chi connectivity index (χ0n) is 18.7. The maximum Gasteiger partial charge on any atom is 0.227 e. The van der Waals surface area contributed by atoms with Crippen LogP contribution in [-0.2, 0) is 9.53 Å². The van der Waals surface area contributed by atoms with Gasteiger partial charge in [0.15, 0.2) is 11.6 Å². The molecule has 172 valence electrons. The highest BCUT2D eigenvalue weighted by Gasteiger charge is 2.52. The van der Waals surface area contributed by atoms with E-state index in [9.17, 15) is 9.18 Å². The van der Waals surface area contributed by atoms with Gasteiger partial charge in [-0.05, 0) is 56.8 Å². The molecule has 0 spiro atoms. The van der Waals surface area contributed by atoms with Crippen molar-refractivity contribution in [2.45, 2.75) is 38.6 Å². The number of benzene rings is 1. The van der Waals surface area contributed by atoms with Gasteiger partial charge < -0.3 is 19.7 Å². The molecular weight excluding hydrogens is 397 g/mol. The van der Waals surface area contributed by atoms with Crippen molar-refractivity contribution in [3.8, 4) is 5.75 Å². The Labute approximate surface area is 185 Å². The number of morpholine rings is 1. The first-order valence-corrected chi connectivity index (χ1v) is 11.8. The van der Waals surface area contributed by atoms with Crippen molar-refractivity contribution in [3.05, 3.63) is 30.1 Å². The average molecular weight is 434 g/mol. The number of fused-ring (bicyclic) bond motifs is 1. The molecule has 4 rings (SSSR count). The van der Waals surface area contributed by atoms with Crippen molar-refractivity contribution >= 4 is 5.91 Å². The fourth-order valence-electron chi connectivity index (χ4n) is 5.70. The van der Waals surface area contributed by atoms with Crippen molar-refractivity contribution in [2.24, 2.45) is 11.3 Å². The summed E-state index contributed by atoms with van der Waals surface area (Å²) >= 11 is 0. The minimum Gasteiger partial charge on any atom is -0.489 e. The number of amides is 1. The van der Waals surface area contributed by atoms with Crippen molar-refractivity contribution in [3.63, 3.8) is 0 Å². The van der Waals surface area contributed by atoms with Crippen LogP contribution in [0, 0.1) is 17.2 Å². The second kappa shape index (κ2) is 10.3. The summed E-state index contributed by atoms with van der Waals surface area (Å²) in [7, 11) is 0. The maximum atomic E-state index is 13.7. The van der Waals surface area contributed by atoms with Gasteiger partial charge in [0, 0.05) is 25.7 Å². The summed E-state index contributed by atoms with van der Waals surface area (Å²) in [4.78, 5) is 18.5. The zero-order valence-corrected chi connectivity index (χ0v) is 18.7. The van der Waals surface area contributed by atoms with Crippen LogP contribution in [0.1, 0.15) is 32.6 Å². The molecule has 3 fully saturated rings. The molecule has 7 heteroatoms. The zero-order chi connectivity index (χ0) is 21.7. The Bertz CT molecular complexity index is 743. The lowest BCUT2D eigenvalue weighted by molar-refractivity contribution is -0.145. The number of rotatable bonds is 7. The fourth-order valence-corrected chi connectivity index (χ4v) is 5.70. The molecule has 2 aliphatic heterocycles. The number of para-hydroxylation sites is 1. The average Bonchev–Trinajstić information content (AvgIpc) is 2.82. The van der Waals surface area contributed by atoms with Gasteiger partial charge in [-0.25, -0.2) is 4.39 Å². The molecule has 1 amide bonds. The van der Waals surface area contributed by atoms with E-state index in [1.807, 2.05) is 0 Å². The van der Waals surface area contributed by atoms with E-state index in [0.717, 1.165) is 71.6 Å². The van der Waals surface area contributed by atoms with Gasteiger partial charge >= 0.3 is 0 Å². The van der Waals surface area contributed by atoms with E-state index in [1.165, 1.54) is 6.07 Å². The molecule has 6 nitrogen and oxygen atoms in total. The number of carbonyl (C=O) groups excluding carboxylic acids is 1. The summed E-state index contributed by atoms with van der Waals surface area (Å²) in [6.07, 6.45) is 4.16. The van der Waals surface area contributed by atoms with Gasteiger partial charge in [0.2, 0.25) is 5.91 Å². The predicted octanol–water partition coefficient (Wildman–Crippen LogP) is 2.53. The first-order chi connectivity index (χ1) is 15.1. The Balaban J connectivity index is 1.36. The molecule has 31 heavy (non-hydrogen) atoms. The lowest BCUT2D eigenvalue weighted by Gasteiger charge is -2.53. The minimum absolute atomic E-state index is 0.146. The molecule has 2 heterocycles. The highest BCUT2D eigenvalue weighted by Crippen LogP contribution is 2.47. The van der Waals surface area contributed by atoms with Crippen molar-refractivity contribution in [1.29, 1.82) is 0 Å². The number of carbonyl (C=O) groups is 1. The van der Waals surface area contributed by atoms with E-state index >= 15 is 0 Å². The summed E-state index contributed by atoms with van der Waals surface area (Å²) in [5, 5.41) is 3.12. The summed E-state index contributed by atoms with van der Waals surface area (Å²) in [5.74, 6) is 0.408. The molecule has 0 bridgehead atoms. The Morgan fingerprint density at radius 1 is 1.26 bits per heavy atom. The molecule has 1 N–H and O–H groups in total. The molecule has 3 atom stereocenters. The highest BCUT2D eigenvalue weighted by atomic mass is 19.1. The normalized spacial score (nSPS) is 29.9. The van der Waals surface area contributed by atoms with Crippen LogP contribution in [0.2, 0.25) is 0 Å². The Hall–Kier alpha value is -1.70. The number of piperidine rings is 1. The number of nitrogens with one attached hydrogen (secondary N) is 1. The number of halogens is 1. The summed E-state index contributed by atoms with van der Waals surface area (Å²) < 4.78 is 24.8. The van der Waals surface area contributed by atoms with Crippen molar-refractivity contribution < 1.29 is 18.7 Å². The van der Waals surface area contributed by atoms with E-state index in [4.69, 9.17) is 9.47 Å². The van der Waals surface area contributed by atoms with Crippen LogP contribution in [0.4, 0.5) is 4.39 Å². The molecule has 1 aromatic carbocycles. The molecule has 0 radical (unpaired) electrons. The lowest BCUT2D eigenvalue weighted by atomic mass is 9.61. The first-order valence-electron chi connectivity index (χ1n) is 11.8. The van der Waals surface area contributed by atoms with Crippen LogP contribution < -0.4 is 10.1 Å². The molecular formula is C24H36FN3O3. The summed E-state index contributed by atoms with van der Waals surface area (Å²) in [5.41, 5.74) is -0.324. The Morgan fingerprint density at radius 3 is 2.84 bits per heavy atom. The van der Waals surface area contributed by atoms with Crippen LogP contribution in [-0.4, -0.2) is 80.8 Å². The third-order valence-electron chi connectivity index (χ3n) is 7.50. The van der Waals surface area contributed by atoms with Gasteiger partial charge in [0.25, 0.3) is 0 Å². The summed E-state index contributed by atoms with van der Waals surface area (Å²) in [6.45, 7) is 9.36. The fraction of sp³-hybridized carbons (Fsp3) is 0.708. The van der Waals surface area contributed by atoms with Gasteiger partial charge in [-0.2, -0.15) is 0 Å². The van der Waals surface area contributed by atoms with E-state index in [0.29, 0.717) is 18.5 Å². The number of nitrogens with zero attached hydrogens (tertiary/aromatic N) is 2. The Morgan fingerprint density at radius 2 is 2.06 bits per heavy atom. The number of likely N-dealkylation sites (tertiary alicyclic amines) is 1. The van der Waals surface area contributed by atoms with Crippen molar-refractivity contribution in [1.82, 2.24) is 15.1 Å². The van der Waals surface area contributed by atoms with E-state index in [2.05, 4.69) is 22.0 Å². The SMILES string of the molecule is CCN1CC[C@@H]2CC(N3CCOCC3)CC[C@@]2(C(=O)NCCOc2ccccc2F)C1. The molecule has 1 aliphatic carbocycles. The van der Waals surface area contributed by atoms with Crippen LogP contribution in [0.5, 0.6) is 5.75 Å². The smallest absolute Gasteiger partial charge is 0.227 e. The number of hydrogen-bond donors (Lipinski definition) is 1. The second-order valence-electron chi connectivity index (χ2n) is 9.12. The molecule has 0 aromatic heterocycles. The Kier molecular flexibility index (Phi) is 7.46. The van der Waals surface area contributed by atoms with Crippen LogP contribution in [0.15, 0.2) is 24.3 Å². The van der Waals surface area contributed by atoms with Gasteiger partial charge in [0.05, 0.1) is 25.2 Å². The predicted molar refractivity (Wildman–Crippen MR) is 118 cm³/mol. The van der Waals surface area contributed by atoms with Gasteiger partial charge in [-0.15, -0.1) is 0 Å². The number of ether oxygens (including phenoxy) is 2. The lowest BCUT2D eigenvalue weighted by Crippen LogP contribution is -2.61. The first kappa shape index (κ1) is 22.5. The summed E-state index contributed by atoms with van der Waals surface area (Å²) in [6, 6.07) is 6.94. The van der Waals surface area contributed by atoms with Gasteiger partial charge in [-0.1, -0.05) is 19.1 Å². The van der Waals surface area contributed by atoms with Crippen LogP contribution >= 0.6 is 0 Å². The largest absolute Gasteiger partial charge is 0.489 e. The highest BCUT2D eigenvalue weighted by molar-refractivity contribution is 5.83. The molecule has 2 saturated heterocycles. The van der Waals surface area contributed by atoms with E-state index < -0.39 is 0 Å². The third kappa shape index (κ3) is 5.04. The standard InChI is InChI=1S/C24H36FN3O3/c1-2-27-11-8-19-17-20(28-12-15-30-16-13-28)7-9-24(19,18-27)23(29)26-10-14-31-22-6-4-3-5-21(22)25/h3-6,19-20H,2,7-18H2,1H3,(H,26,29)/t19-,20?,24-/m1/s1. The van der Waals surface area contributed by atoms with Crippen LogP contribution in [0.3, 0.4) is 0 Å². The van der Waals surface area contributed by atoms with Crippen LogP contribution in [0.25, 0.3) is 0 Å². The van der Waals surface area contributed by atoms with E-state index in [1.54, 1.807) is 18.2 Å². The quantitative estimate of drug-likeness (QED) is 0.670. The van der Waals surface area contributed by atoms with Gasteiger partial charge in [0.1, 0.15) is 6.61 Å². The maximum absolute atomic E-state index is 13.7. The third-order valence-corrected chi connectivity index (χ3v) is 7.50. The number of hydrogen-bond acceptors (Lipinski definition) is 5. The molecule has 1 saturated carbocycles. The molecule has 1 unspecified atom stereocenters. The molecule has 3 aliphatic rings. The van der Waals surface area contributed by atoms with Crippen molar-refractivity contribution in [2.75, 3.05) is 59.1 Å². The minimum atomic E-state index is -0.375. The topological polar surface area (TPSA) is 54.0 Å². The van der Waals surface area contributed by atoms with E-state index in [-0.39, 0.29) is 29.5 Å². The second-order valence-corrected chi connectivity index (χ2v) is 9.12. The monoisotopic (exact) mass is 433 g/mol.